The summed E-state index contributed by atoms with van der Waals surface area (Å²) in [5.41, 5.74) is 2.42. The van der Waals surface area contributed by atoms with Gasteiger partial charge in [-0.15, -0.1) is 0 Å². The zero-order valence-corrected chi connectivity index (χ0v) is 10.4. The first-order valence-corrected chi connectivity index (χ1v) is 6.53. The quantitative estimate of drug-likeness (QED) is 0.807. The Morgan fingerprint density at radius 2 is 2.06 bits per heavy atom. The maximum atomic E-state index is 12.4. The summed E-state index contributed by atoms with van der Waals surface area (Å²) in [5, 5.41) is 3.35. The molecule has 0 spiro atoms. The van der Waals surface area contributed by atoms with Crippen LogP contribution in [0.2, 0.25) is 0 Å². The zero-order valence-electron chi connectivity index (χ0n) is 10.4. The van der Waals surface area contributed by atoms with Crippen molar-refractivity contribution >= 4 is 11.6 Å². The molecule has 0 bridgehead atoms. The van der Waals surface area contributed by atoms with E-state index in [1.165, 1.54) is 11.3 Å². The summed E-state index contributed by atoms with van der Waals surface area (Å²) in [7, 11) is 0. The molecule has 2 aliphatic rings. The van der Waals surface area contributed by atoms with E-state index in [1.807, 2.05) is 17.0 Å². The number of nitrogens with zero attached hydrogens (tertiary/aromatic N) is 1. The third-order valence-corrected chi connectivity index (χ3v) is 3.69. The van der Waals surface area contributed by atoms with Gasteiger partial charge in [0.05, 0.1) is 19.1 Å². The minimum Gasteiger partial charge on any atom is -0.384 e. The number of ether oxygens (including phenoxy) is 1. The third kappa shape index (κ3) is 2.20. The van der Waals surface area contributed by atoms with Crippen molar-refractivity contribution in [3.8, 4) is 0 Å². The van der Waals surface area contributed by atoms with E-state index < -0.39 is 0 Å². The number of anilines is 1. The van der Waals surface area contributed by atoms with E-state index in [9.17, 15) is 4.79 Å². The first-order valence-electron chi connectivity index (χ1n) is 6.53. The molecule has 1 fully saturated rings. The first-order chi connectivity index (χ1) is 8.84. The topological polar surface area (TPSA) is 41.6 Å². The van der Waals surface area contributed by atoms with Crippen molar-refractivity contribution in [1.29, 1.82) is 0 Å². The van der Waals surface area contributed by atoms with Crippen LogP contribution in [0.3, 0.4) is 0 Å². The fourth-order valence-corrected chi connectivity index (χ4v) is 2.66. The molecular formula is C14H18N2O2. The minimum absolute atomic E-state index is 0.0676. The molecule has 0 aromatic heterocycles. The van der Waals surface area contributed by atoms with Crippen LogP contribution in [-0.2, 0) is 16.0 Å². The second-order valence-corrected chi connectivity index (χ2v) is 4.88. The number of amides is 1. The van der Waals surface area contributed by atoms with Crippen LogP contribution in [0, 0.1) is 5.92 Å². The molecule has 0 aliphatic carbocycles. The molecule has 3 rings (SSSR count). The standard InChI is InChI=1S/C14H18N2O2/c17-14(16-5-7-18-8-6-16)12-9-11-3-1-2-4-13(11)15-10-12/h1-4,12,15H,5-10H2. The average molecular weight is 246 g/mol. The fraction of sp³-hybridized carbons (Fsp3) is 0.500. The number of rotatable bonds is 1. The molecule has 0 saturated carbocycles. The normalized spacial score (nSPS) is 23.1. The molecule has 0 radical (unpaired) electrons. The lowest BCUT2D eigenvalue weighted by Crippen LogP contribution is -2.46. The molecule has 1 unspecified atom stereocenters. The Bertz CT molecular complexity index is 441. The molecule has 4 heteroatoms. The van der Waals surface area contributed by atoms with Crippen molar-refractivity contribution in [3.05, 3.63) is 29.8 Å². The predicted molar refractivity (Wildman–Crippen MR) is 69.5 cm³/mol. The summed E-state index contributed by atoms with van der Waals surface area (Å²) in [6.45, 7) is 3.55. The van der Waals surface area contributed by atoms with Gasteiger partial charge in [0.2, 0.25) is 5.91 Å². The molecule has 2 heterocycles. The van der Waals surface area contributed by atoms with Crippen molar-refractivity contribution in [2.45, 2.75) is 6.42 Å². The highest BCUT2D eigenvalue weighted by molar-refractivity contribution is 5.81. The van der Waals surface area contributed by atoms with Gasteiger partial charge in [0.1, 0.15) is 0 Å². The van der Waals surface area contributed by atoms with Crippen LogP contribution < -0.4 is 5.32 Å². The van der Waals surface area contributed by atoms with Crippen molar-refractivity contribution in [3.63, 3.8) is 0 Å². The van der Waals surface area contributed by atoms with Gasteiger partial charge in [-0.3, -0.25) is 4.79 Å². The van der Waals surface area contributed by atoms with Crippen molar-refractivity contribution < 1.29 is 9.53 Å². The summed E-state index contributed by atoms with van der Waals surface area (Å²) in [4.78, 5) is 14.3. The maximum absolute atomic E-state index is 12.4. The van der Waals surface area contributed by atoms with Crippen LogP contribution in [-0.4, -0.2) is 43.7 Å². The molecule has 2 aliphatic heterocycles. The second-order valence-electron chi connectivity index (χ2n) is 4.88. The highest BCUT2D eigenvalue weighted by Crippen LogP contribution is 2.25. The molecule has 1 N–H and O–H groups in total. The van der Waals surface area contributed by atoms with E-state index in [0.717, 1.165) is 26.1 Å². The van der Waals surface area contributed by atoms with Gasteiger partial charge >= 0.3 is 0 Å². The smallest absolute Gasteiger partial charge is 0.227 e. The maximum Gasteiger partial charge on any atom is 0.227 e. The van der Waals surface area contributed by atoms with Crippen molar-refractivity contribution in [1.82, 2.24) is 4.90 Å². The molecule has 1 amide bonds. The number of morpholine rings is 1. The van der Waals surface area contributed by atoms with E-state index in [2.05, 4.69) is 17.4 Å². The van der Waals surface area contributed by atoms with Gasteiger partial charge in [-0.2, -0.15) is 0 Å². The number of benzene rings is 1. The molecule has 1 aromatic rings. The van der Waals surface area contributed by atoms with Crippen molar-refractivity contribution in [2.75, 3.05) is 38.2 Å². The number of hydrogen-bond acceptors (Lipinski definition) is 3. The number of carbonyl (C=O) groups excluding carboxylic acids is 1. The van der Waals surface area contributed by atoms with Gasteiger partial charge in [-0.1, -0.05) is 18.2 Å². The lowest BCUT2D eigenvalue weighted by atomic mass is 9.93. The highest BCUT2D eigenvalue weighted by Gasteiger charge is 2.28. The van der Waals surface area contributed by atoms with Crippen molar-refractivity contribution in [2.24, 2.45) is 5.92 Å². The lowest BCUT2D eigenvalue weighted by Gasteiger charge is -2.33. The van der Waals surface area contributed by atoms with Gasteiger partial charge in [-0.05, 0) is 18.1 Å². The van der Waals surface area contributed by atoms with Gasteiger partial charge in [0, 0.05) is 25.3 Å². The Balaban J connectivity index is 1.69. The van der Waals surface area contributed by atoms with E-state index in [-0.39, 0.29) is 11.8 Å². The fourth-order valence-electron chi connectivity index (χ4n) is 2.66. The number of carbonyl (C=O) groups is 1. The summed E-state index contributed by atoms with van der Waals surface area (Å²) >= 11 is 0. The molecule has 1 aromatic carbocycles. The van der Waals surface area contributed by atoms with Crippen LogP contribution in [0.5, 0.6) is 0 Å². The molecular weight excluding hydrogens is 228 g/mol. The SMILES string of the molecule is O=C(C1CNc2ccccc2C1)N1CCOCC1. The van der Waals surface area contributed by atoms with Gasteiger partial charge in [0.25, 0.3) is 0 Å². The van der Waals surface area contributed by atoms with E-state index in [1.54, 1.807) is 0 Å². The Morgan fingerprint density at radius 3 is 2.89 bits per heavy atom. The van der Waals surface area contributed by atoms with Crippen LogP contribution in [0.4, 0.5) is 5.69 Å². The van der Waals surface area contributed by atoms with E-state index >= 15 is 0 Å². The first kappa shape index (κ1) is 11.5. The summed E-state index contributed by atoms with van der Waals surface area (Å²) in [6.07, 6.45) is 0.847. The molecule has 18 heavy (non-hydrogen) atoms. The molecule has 4 nitrogen and oxygen atoms in total. The molecule has 1 atom stereocenters. The van der Waals surface area contributed by atoms with Crippen LogP contribution in [0.1, 0.15) is 5.56 Å². The third-order valence-electron chi connectivity index (χ3n) is 3.69. The van der Waals surface area contributed by atoms with E-state index in [0.29, 0.717) is 13.2 Å². The Kier molecular flexibility index (Phi) is 3.19. The minimum atomic E-state index is 0.0676. The zero-order chi connectivity index (χ0) is 12.4. The number of fused-ring (bicyclic) bond motifs is 1. The predicted octanol–water partition coefficient (Wildman–Crippen LogP) is 1.13. The summed E-state index contributed by atoms with van der Waals surface area (Å²) in [6, 6.07) is 8.23. The van der Waals surface area contributed by atoms with Crippen LogP contribution in [0.15, 0.2) is 24.3 Å². The Morgan fingerprint density at radius 1 is 1.28 bits per heavy atom. The van der Waals surface area contributed by atoms with Gasteiger partial charge < -0.3 is 15.0 Å². The number of para-hydroxylation sites is 1. The van der Waals surface area contributed by atoms with E-state index in [4.69, 9.17) is 4.74 Å². The van der Waals surface area contributed by atoms with Crippen LogP contribution >= 0.6 is 0 Å². The number of nitrogens with one attached hydrogen (secondary N) is 1. The second kappa shape index (κ2) is 4.98. The number of hydrogen-bond donors (Lipinski definition) is 1. The highest BCUT2D eigenvalue weighted by atomic mass is 16.5. The Hall–Kier alpha value is -1.55. The van der Waals surface area contributed by atoms with Gasteiger partial charge in [-0.25, -0.2) is 0 Å². The van der Waals surface area contributed by atoms with Gasteiger partial charge in [0.15, 0.2) is 0 Å². The average Bonchev–Trinajstić information content (AvgIpc) is 2.47. The van der Waals surface area contributed by atoms with Crippen LogP contribution in [0.25, 0.3) is 0 Å². The largest absolute Gasteiger partial charge is 0.384 e. The monoisotopic (exact) mass is 246 g/mol. The summed E-state index contributed by atoms with van der Waals surface area (Å²) in [5.74, 6) is 0.332. The molecule has 1 saturated heterocycles. The summed E-state index contributed by atoms with van der Waals surface area (Å²) < 4.78 is 5.28. The molecule has 96 valence electrons. The lowest BCUT2D eigenvalue weighted by molar-refractivity contribution is -0.139. The Labute approximate surface area is 107 Å².